The lowest BCUT2D eigenvalue weighted by molar-refractivity contribution is 0.167. The van der Waals surface area contributed by atoms with Crippen LogP contribution in [0, 0.1) is 17.8 Å². The monoisotopic (exact) mass is 274 g/mol. The molecular formula is C18H30N2. The number of nitrogens with one attached hydrogen (secondary N) is 1. The summed E-state index contributed by atoms with van der Waals surface area (Å²) in [5.41, 5.74) is 1.37. The molecule has 1 heterocycles. The average Bonchev–Trinajstić information content (AvgIpc) is 2.47. The quantitative estimate of drug-likeness (QED) is 0.846. The van der Waals surface area contributed by atoms with E-state index in [0.717, 1.165) is 30.7 Å². The highest BCUT2D eigenvalue weighted by atomic mass is 14.9. The van der Waals surface area contributed by atoms with Crippen LogP contribution in [0.1, 0.15) is 52.0 Å². The Balaban J connectivity index is 1.89. The van der Waals surface area contributed by atoms with Crippen molar-refractivity contribution in [1.82, 2.24) is 10.3 Å². The van der Waals surface area contributed by atoms with Crippen LogP contribution in [0.5, 0.6) is 0 Å². The number of hydrogen-bond acceptors (Lipinski definition) is 2. The largest absolute Gasteiger partial charge is 0.314 e. The van der Waals surface area contributed by atoms with E-state index in [2.05, 4.69) is 37.1 Å². The van der Waals surface area contributed by atoms with Crippen LogP contribution < -0.4 is 5.32 Å². The maximum absolute atomic E-state index is 4.22. The fourth-order valence-electron chi connectivity index (χ4n) is 3.59. The van der Waals surface area contributed by atoms with Gasteiger partial charge in [-0.1, -0.05) is 33.3 Å². The van der Waals surface area contributed by atoms with Gasteiger partial charge in [0, 0.05) is 18.4 Å². The van der Waals surface area contributed by atoms with E-state index in [9.17, 15) is 0 Å². The maximum atomic E-state index is 4.22. The van der Waals surface area contributed by atoms with Crippen LogP contribution >= 0.6 is 0 Å². The first-order chi connectivity index (χ1) is 9.70. The second kappa shape index (κ2) is 7.78. The molecule has 2 rings (SSSR count). The Bertz CT molecular complexity index is 376. The molecule has 0 amide bonds. The summed E-state index contributed by atoms with van der Waals surface area (Å²) in [7, 11) is 0. The smallest absolute Gasteiger partial charge is 0.0299 e. The summed E-state index contributed by atoms with van der Waals surface area (Å²) in [5, 5.41) is 3.74. The zero-order valence-corrected chi connectivity index (χ0v) is 13.3. The number of aryl methyl sites for hydroxylation is 1. The second-order valence-electron chi connectivity index (χ2n) is 6.59. The van der Waals surface area contributed by atoms with Gasteiger partial charge in [0.2, 0.25) is 0 Å². The fourth-order valence-corrected chi connectivity index (χ4v) is 3.59. The van der Waals surface area contributed by atoms with E-state index in [1.54, 1.807) is 0 Å². The Hall–Kier alpha value is -0.890. The van der Waals surface area contributed by atoms with E-state index in [-0.39, 0.29) is 0 Å². The minimum absolute atomic E-state index is 0.676. The van der Waals surface area contributed by atoms with E-state index < -0.39 is 0 Å². The van der Waals surface area contributed by atoms with Crippen LogP contribution in [0.3, 0.4) is 0 Å². The van der Waals surface area contributed by atoms with E-state index in [1.807, 2.05) is 18.5 Å². The van der Waals surface area contributed by atoms with E-state index in [1.165, 1.54) is 31.2 Å². The topological polar surface area (TPSA) is 24.9 Å². The van der Waals surface area contributed by atoms with Crippen LogP contribution in [-0.2, 0) is 6.42 Å². The second-order valence-corrected chi connectivity index (χ2v) is 6.59. The van der Waals surface area contributed by atoms with E-state index in [4.69, 9.17) is 0 Å². The first-order valence-corrected chi connectivity index (χ1v) is 8.33. The summed E-state index contributed by atoms with van der Waals surface area (Å²) in [6.07, 6.45) is 10.4. The number of rotatable bonds is 6. The van der Waals surface area contributed by atoms with Crippen LogP contribution in [0.4, 0.5) is 0 Å². The van der Waals surface area contributed by atoms with Crippen molar-refractivity contribution >= 4 is 0 Å². The molecule has 0 bridgehead atoms. The third-order valence-electron chi connectivity index (χ3n) is 5.14. The Morgan fingerprint density at radius 3 is 2.80 bits per heavy atom. The van der Waals surface area contributed by atoms with Gasteiger partial charge in [0.05, 0.1) is 0 Å². The first-order valence-electron chi connectivity index (χ1n) is 8.33. The lowest BCUT2D eigenvalue weighted by atomic mass is 9.72. The maximum Gasteiger partial charge on any atom is 0.0299 e. The molecule has 20 heavy (non-hydrogen) atoms. The normalized spacial score (nSPS) is 28.2. The van der Waals surface area contributed by atoms with Crippen LogP contribution in [0.2, 0.25) is 0 Å². The molecule has 0 spiro atoms. The molecule has 0 saturated heterocycles. The van der Waals surface area contributed by atoms with Crippen molar-refractivity contribution < 1.29 is 0 Å². The summed E-state index contributed by atoms with van der Waals surface area (Å²) in [4.78, 5) is 4.22. The van der Waals surface area contributed by atoms with Crippen LogP contribution in [0.25, 0.3) is 0 Å². The summed E-state index contributed by atoms with van der Waals surface area (Å²) in [6.45, 7) is 8.16. The number of hydrogen-bond donors (Lipinski definition) is 1. The van der Waals surface area contributed by atoms with Gasteiger partial charge in [-0.25, -0.2) is 0 Å². The molecule has 1 fully saturated rings. The van der Waals surface area contributed by atoms with Gasteiger partial charge in [0.1, 0.15) is 0 Å². The van der Waals surface area contributed by atoms with Gasteiger partial charge >= 0.3 is 0 Å². The van der Waals surface area contributed by atoms with Gasteiger partial charge in [-0.2, -0.15) is 0 Å². The lowest BCUT2D eigenvalue weighted by Crippen LogP contribution is -2.40. The third kappa shape index (κ3) is 4.31. The fraction of sp³-hybridized carbons (Fsp3) is 0.722. The zero-order valence-electron chi connectivity index (χ0n) is 13.3. The Morgan fingerprint density at radius 1 is 1.30 bits per heavy atom. The lowest BCUT2D eigenvalue weighted by Gasteiger charge is -2.37. The van der Waals surface area contributed by atoms with Crippen molar-refractivity contribution in [2.45, 2.75) is 58.9 Å². The van der Waals surface area contributed by atoms with Crippen LogP contribution in [0.15, 0.2) is 24.5 Å². The molecule has 1 aromatic heterocycles. The summed E-state index contributed by atoms with van der Waals surface area (Å²) >= 11 is 0. The summed E-state index contributed by atoms with van der Waals surface area (Å²) in [6, 6.07) is 4.92. The third-order valence-corrected chi connectivity index (χ3v) is 5.14. The molecule has 1 aliphatic carbocycles. The highest BCUT2D eigenvalue weighted by Crippen LogP contribution is 2.35. The molecule has 0 aliphatic heterocycles. The van der Waals surface area contributed by atoms with Gasteiger partial charge < -0.3 is 5.32 Å². The SMILES string of the molecule is CCNC(CCc1cccnc1)C1CCC(C)C(C)C1. The van der Waals surface area contributed by atoms with E-state index >= 15 is 0 Å². The van der Waals surface area contributed by atoms with Crippen molar-refractivity contribution in [2.24, 2.45) is 17.8 Å². The van der Waals surface area contributed by atoms with Crippen molar-refractivity contribution in [3.05, 3.63) is 30.1 Å². The molecular weight excluding hydrogens is 244 g/mol. The highest BCUT2D eigenvalue weighted by Gasteiger charge is 2.29. The van der Waals surface area contributed by atoms with Gasteiger partial charge in [-0.05, 0) is 61.6 Å². The first kappa shape index (κ1) is 15.5. The number of pyridine rings is 1. The average molecular weight is 274 g/mol. The standard InChI is InChI=1S/C18H30N2/c1-4-20-18(10-8-16-6-5-11-19-13-16)17-9-7-14(2)15(3)12-17/h5-6,11,13-15,17-18,20H,4,7-10,12H2,1-3H3. The Morgan fingerprint density at radius 2 is 2.15 bits per heavy atom. The molecule has 1 N–H and O–H groups in total. The highest BCUT2D eigenvalue weighted by molar-refractivity contribution is 5.08. The van der Waals surface area contributed by atoms with E-state index in [0.29, 0.717) is 6.04 Å². The summed E-state index contributed by atoms with van der Waals surface area (Å²) in [5.74, 6) is 2.65. The zero-order chi connectivity index (χ0) is 14.4. The molecule has 0 radical (unpaired) electrons. The van der Waals surface area contributed by atoms with Gasteiger partial charge in [-0.15, -0.1) is 0 Å². The Labute approximate surface area is 124 Å². The molecule has 1 aliphatic rings. The van der Waals surface area contributed by atoms with Crippen molar-refractivity contribution in [2.75, 3.05) is 6.54 Å². The molecule has 112 valence electrons. The molecule has 4 atom stereocenters. The van der Waals surface area contributed by atoms with Gasteiger partial charge in [0.15, 0.2) is 0 Å². The summed E-state index contributed by atoms with van der Waals surface area (Å²) < 4.78 is 0. The predicted molar refractivity (Wildman–Crippen MR) is 85.7 cm³/mol. The molecule has 4 unspecified atom stereocenters. The van der Waals surface area contributed by atoms with Crippen molar-refractivity contribution in [3.63, 3.8) is 0 Å². The predicted octanol–water partition coefficient (Wildman–Crippen LogP) is 4.06. The van der Waals surface area contributed by atoms with Gasteiger partial charge in [0.25, 0.3) is 0 Å². The van der Waals surface area contributed by atoms with Crippen molar-refractivity contribution in [3.8, 4) is 0 Å². The number of aromatic nitrogens is 1. The molecule has 2 nitrogen and oxygen atoms in total. The molecule has 2 heteroatoms. The minimum atomic E-state index is 0.676. The Kier molecular flexibility index (Phi) is 6.03. The molecule has 1 saturated carbocycles. The van der Waals surface area contributed by atoms with Crippen molar-refractivity contribution in [1.29, 1.82) is 0 Å². The van der Waals surface area contributed by atoms with Gasteiger partial charge in [-0.3, -0.25) is 4.98 Å². The minimum Gasteiger partial charge on any atom is -0.314 e. The van der Waals surface area contributed by atoms with Crippen LogP contribution in [-0.4, -0.2) is 17.6 Å². The molecule has 1 aromatic rings. The molecule has 0 aromatic carbocycles. The number of nitrogens with zero attached hydrogens (tertiary/aromatic N) is 1.